The molecule has 2 aliphatic rings. The van der Waals surface area contributed by atoms with E-state index in [1.165, 1.54) is 0 Å². The lowest BCUT2D eigenvalue weighted by Crippen LogP contribution is -2.31. The van der Waals surface area contributed by atoms with Gasteiger partial charge in [-0.25, -0.2) is 0 Å². The summed E-state index contributed by atoms with van der Waals surface area (Å²) in [6.45, 7) is 0.188. The number of carbonyl (C=O) groups excluding carboxylic acids is 2. The Labute approximate surface area is 117 Å². The van der Waals surface area contributed by atoms with Crippen LogP contribution in [-0.4, -0.2) is 24.4 Å². The molecule has 2 amide bonds. The Hall–Kier alpha value is -2.24. The van der Waals surface area contributed by atoms with E-state index in [0.29, 0.717) is 30.3 Å². The van der Waals surface area contributed by atoms with Gasteiger partial charge in [0.05, 0.1) is 17.9 Å². The Bertz CT molecular complexity index is 567. The van der Waals surface area contributed by atoms with E-state index in [4.69, 9.17) is 5.73 Å². The summed E-state index contributed by atoms with van der Waals surface area (Å²) in [4.78, 5) is 23.0. The van der Waals surface area contributed by atoms with Crippen LogP contribution in [0.1, 0.15) is 24.8 Å². The molecule has 0 aromatic heterocycles. The van der Waals surface area contributed by atoms with Crippen molar-refractivity contribution in [3.63, 3.8) is 0 Å². The van der Waals surface area contributed by atoms with Gasteiger partial charge in [0, 0.05) is 18.2 Å². The van der Waals surface area contributed by atoms with Gasteiger partial charge in [-0.3, -0.25) is 9.59 Å². The van der Waals surface area contributed by atoms with Gasteiger partial charge in [0.1, 0.15) is 0 Å². The fraction of sp³-hybridized carbons (Fsp3) is 0.429. The second-order valence-electron chi connectivity index (χ2n) is 5.34. The molecule has 1 aliphatic heterocycles. The predicted molar refractivity (Wildman–Crippen MR) is 77.5 cm³/mol. The second-order valence-corrected chi connectivity index (χ2v) is 5.34. The molecule has 0 atom stereocenters. The topological polar surface area (TPSA) is 96.2 Å². The number of hydrogen-bond donors (Lipinski definition) is 4. The Morgan fingerprint density at radius 1 is 1.35 bits per heavy atom. The van der Waals surface area contributed by atoms with Gasteiger partial charge in [0.15, 0.2) is 0 Å². The number of rotatable bonds is 4. The van der Waals surface area contributed by atoms with Gasteiger partial charge in [0.2, 0.25) is 11.8 Å². The Kier molecular flexibility index (Phi) is 3.22. The van der Waals surface area contributed by atoms with Gasteiger partial charge in [-0.2, -0.15) is 0 Å². The number of fused-ring (bicyclic) bond motifs is 1. The Morgan fingerprint density at radius 3 is 2.90 bits per heavy atom. The highest BCUT2D eigenvalue weighted by Crippen LogP contribution is 2.30. The number of benzene rings is 1. The molecule has 20 heavy (non-hydrogen) atoms. The molecule has 1 fully saturated rings. The summed E-state index contributed by atoms with van der Waals surface area (Å²) in [5.41, 5.74) is 9.06. The van der Waals surface area contributed by atoms with Crippen LogP contribution in [-0.2, 0) is 16.0 Å². The zero-order valence-corrected chi connectivity index (χ0v) is 11.2. The number of nitrogen functional groups attached to an aromatic ring is 1. The third-order valence-electron chi connectivity index (χ3n) is 3.55. The molecule has 106 valence electrons. The van der Waals surface area contributed by atoms with Crippen LogP contribution in [0.5, 0.6) is 0 Å². The van der Waals surface area contributed by atoms with Gasteiger partial charge >= 0.3 is 0 Å². The molecule has 1 heterocycles. The number of hydrogen-bond acceptors (Lipinski definition) is 4. The summed E-state index contributed by atoms with van der Waals surface area (Å²) < 4.78 is 0. The van der Waals surface area contributed by atoms with Gasteiger partial charge < -0.3 is 21.7 Å². The molecule has 0 unspecified atom stereocenters. The van der Waals surface area contributed by atoms with E-state index in [2.05, 4.69) is 16.0 Å². The fourth-order valence-corrected chi connectivity index (χ4v) is 2.28. The minimum absolute atomic E-state index is 0.0136. The molecule has 1 aromatic rings. The smallest absolute Gasteiger partial charge is 0.239 e. The van der Waals surface area contributed by atoms with Crippen LogP contribution < -0.4 is 21.7 Å². The van der Waals surface area contributed by atoms with Crippen LogP contribution in [0.3, 0.4) is 0 Å². The monoisotopic (exact) mass is 274 g/mol. The first-order valence-corrected chi connectivity index (χ1v) is 6.87. The highest BCUT2D eigenvalue weighted by Gasteiger charge is 2.23. The van der Waals surface area contributed by atoms with E-state index in [9.17, 15) is 9.59 Å². The molecule has 0 saturated heterocycles. The SMILES string of the molecule is Nc1cc2c(cc1NCC(=O)NC1CC1)NC(=O)CC2. The molecule has 6 nitrogen and oxygen atoms in total. The molecule has 0 radical (unpaired) electrons. The number of nitrogens with one attached hydrogen (secondary N) is 3. The largest absolute Gasteiger partial charge is 0.397 e. The van der Waals surface area contributed by atoms with Crippen molar-refractivity contribution in [1.29, 1.82) is 0 Å². The van der Waals surface area contributed by atoms with Crippen molar-refractivity contribution >= 4 is 28.9 Å². The normalized spacial score (nSPS) is 17.1. The third kappa shape index (κ3) is 2.84. The van der Waals surface area contributed by atoms with Crippen LogP contribution in [0.4, 0.5) is 17.1 Å². The molecule has 1 saturated carbocycles. The lowest BCUT2D eigenvalue weighted by molar-refractivity contribution is -0.119. The Balaban J connectivity index is 1.67. The number of anilines is 3. The van der Waals surface area contributed by atoms with E-state index in [1.807, 2.05) is 6.07 Å². The molecule has 6 heteroatoms. The highest BCUT2D eigenvalue weighted by molar-refractivity contribution is 5.96. The number of nitrogens with two attached hydrogens (primary N) is 1. The fourth-order valence-electron chi connectivity index (χ4n) is 2.28. The minimum atomic E-state index is -0.0337. The maximum Gasteiger partial charge on any atom is 0.239 e. The molecular weight excluding hydrogens is 256 g/mol. The highest BCUT2D eigenvalue weighted by atomic mass is 16.2. The first-order valence-electron chi connectivity index (χ1n) is 6.87. The van der Waals surface area contributed by atoms with Crippen LogP contribution in [0.25, 0.3) is 0 Å². The molecule has 1 aromatic carbocycles. The number of carbonyl (C=O) groups is 2. The maximum absolute atomic E-state index is 11.6. The van der Waals surface area contributed by atoms with Gasteiger partial charge in [-0.1, -0.05) is 0 Å². The van der Waals surface area contributed by atoms with Crippen molar-refractivity contribution in [1.82, 2.24) is 5.32 Å². The molecule has 3 rings (SSSR count). The Morgan fingerprint density at radius 2 is 2.15 bits per heavy atom. The number of amides is 2. The first-order chi connectivity index (χ1) is 9.61. The van der Waals surface area contributed by atoms with E-state index >= 15 is 0 Å². The minimum Gasteiger partial charge on any atom is -0.397 e. The summed E-state index contributed by atoms with van der Waals surface area (Å²) in [7, 11) is 0. The van der Waals surface area contributed by atoms with E-state index in [1.54, 1.807) is 6.07 Å². The lowest BCUT2D eigenvalue weighted by atomic mass is 10.0. The van der Waals surface area contributed by atoms with Crippen molar-refractivity contribution in [3.8, 4) is 0 Å². The average Bonchev–Trinajstić information content (AvgIpc) is 3.20. The summed E-state index contributed by atoms with van der Waals surface area (Å²) in [6.07, 6.45) is 3.33. The zero-order valence-electron chi connectivity index (χ0n) is 11.2. The number of aryl methyl sites for hydroxylation is 1. The van der Waals surface area contributed by atoms with Gasteiger partial charge in [0.25, 0.3) is 0 Å². The molecular formula is C14H18N4O2. The zero-order chi connectivity index (χ0) is 14.1. The average molecular weight is 274 g/mol. The van der Waals surface area contributed by atoms with E-state index in [-0.39, 0.29) is 18.4 Å². The lowest BCUT2D eigenvalue weighted by Gasteiger charge is -2.19. The van der Waals surface area contributed by atoms with Crippen molar-refractivity contribution in [2.75, 3.05) is 22.9 Å². The van der Waals surface area contributed by atoms with Crippen LogP contribution in [0.15, 0.2) is 12.1 Å². The van der Waals surface area contributed by atoms with Crippen LogP contribution in [0, 0.1) is 0 Å². The standard InChI is InChI=1S/C14H18N4O2/c15-10-5-8-1-4-13(19)18-11(8)6-12(10)16-7-14(20)17-9-2-3-9/h5-6,9,16H,1-4,7,15H2,(H,17,20)(H,18,19). The first kappa shape index (κ1) is 12.8. The van der Waals surface area contributed by atoms with Crippen molar-refractivity contribution in [2.24, 2.45) is 0 Å². The molecule has 0 bridgehead atoms. The summed E-state index contributed by atoms with van der Waals surface area (Å²) >= 11 is 0. The quantitative estimate of drug-likeness (QED) is 0.612. The van der Waals surface area contributed by atoms with Crippen LogP contribution in [0.2, 0.25) is 0 Å². The molecule has 1 aliphatic carbocycles. The summed E-state index contributed by atoms with van der Waals surface area (Å²) in [5, 5.41) is 8.75. The van der Waals surface area contributed by atoms with Crippen molar-refractivity contribution < 1.29 is 9.59 Å². The molecule has 5 N–H and O–H groups in total. The van der Waals surface area contributed by atoms with Crippen LogP contribution >= 0.6 is 0 Å². The summed E-state index contributed by atoms with van der Waals surface area (Å²) in [5.74, 6) is -0.0200. The van der Waals surface area contributed by atoms with E-state index < -0.39 is 0 Å². The van der Waals surface area contributed by atoms with Gasteiger partial charge in [-0.05, 0) is 37.0 Å². The predicted octanol–water partition coefficient (Wildman–Crippen LogP) is 0.844. The van der Waals surface area contributed by atoms with E-state index in [0.717, 1.165) is 24.1 Å². The summed E-state index contributed by atoms with van der Waals surface area (Å²) in [6, 6.07) is 4.01. The second kappa shape index (κ2) is 5.03. The van der Waals surface area contributed by atoms with Gasteiger partial charge in [-0.15, -0.1) is 0 Å². The van der Waals surface area contributed by atoms with Crippen molar-refractivity contribution in [3.05, 3.63) is 17.7 Å². The maximum atomic E-state index is 11.6. The molecule has 0 spiro atoms. The van der Waals surface area contributed by atoms with Crippen molar-refractivity contribution in [2.45, 2.75) is 31.7 Å². The third-order valence-corrected chi connectivity index (χ3v) is 3.55.